The Morgan fingerprint density at radius 3 is 2.43 bits per heavy atom. The van der Waals surface area contributed by atoms with E-state index in [4.69, 9.17) is 10.5 Å². The van der Waals surface area contributed by atoms with E-state index in [0.29, 0.717) is 28.8 Å². The molecule has 140 valence electrons. The standard InChI is InChI=1S/C20H17N5O2S/c1-2-27-14-10-8-12(9-11-14)18-22-15(17(21)26)16-19(24-18)25(20(28)23-16)13-6-4-3-5-7-13/h3-11H,2H2,1H3,(H2,21,26)(H,23,28). The molecular formula is C20H17N5O2S. The molecule has 2 aromatic heterocycles. The molecule has 0 radical (unpaired) electrons. The number of amides is 1. The monoisotopic (exact) mass is 391 g/mol. The number of hydrogen-bond donors (Lipinski definition) is 2. The third-order valence-corrected chi connectivity index (χ3v) is 4.46. The number of aromatic nitrogens is 4. The van der Waals surface area contributed by atoms with Crippen molar-refractivity contribution in [3.05, 3.63) is 60.3 Å². The molecule has 0 spiro atoms. The van der Waals surface area contributed by atoms with Crippen molar-refractivity contribution in [2.24, 2.45) is 5.73 Å². The fourth-order valence-electron chi connectivity index (χ4n) is 2.93. The molecule has 7 nitrogen and oxygen atoms in total. The van der Waals surface area contributed by atoms with Crippen LogP contribution in [0.4, 0.5) is 0 Å². The Hall–Kier alpha value is -3.39. The summed E-state index contributed by atoms with van der Waals surface area (Å²) in [4.78, 5) is 25.4. The Morgan fingerprint density at radius 1 is 1.07 bits per heavy atom. The van der Waals surface area contributed by atoms with E-state index in [1.54, 1.807) is 4.57 Å². The van der Waals surface area contributed by atoms with E-state index in [-0.39, 0.29) is 5.69 Å². The first-order valence-electron chi connectivity index (χ1n) is 8.66. The van der Waals surface area contributed by atoms with Gasteiger partial charge in [-0.05, 0) is 43.3 Å². The fourth-order valence-corrected chi connectivity index (χ4v) is 3.24. The Balaban J connectivity index is 1.94. The van der Waals surface area contributed by atoms with E-state index >= 15 is 0 Å². The Labute approximate surface area is 166 Å². The van der Waals surface area contributed by atoms with Crippen LogP contribution in [0.1, 0.15) is 17.4 Å². The van der Waals surface area contributed by atoms with Gasteiger partial charge in [0, 0.05) is 11.3 Å². The lowest BCUT2D eigenvalue weighted by Crippen LogP contribution is -2.15. The summed E-state index contributed by atoms with van der Waals surface area (Å²) in [5, 5.41) is 0.391. The molecule has 2 N–H and O–H groups in total. The van der Waals surface area contributed by atoms with E-state index in [1.165, 1.54) is 0 Å². The number of carbonyl (C=O) groups is 1. The molecule has 4 rings (SSSR count). The van der Waals surface area contributed by atoms with Crippen LogP contribution in [0, 0.1) is 0 Å². The van der Waals surface area contributed by atoms with Gasteiger partial charge in [-0.2, -0.15) is 0 Å². The first-order chi connectivity index (χ1) is 13.6. The maximum Gasteiger partial charge on any atom is 0.269 e. The number of carbonyl (C=O) groups excluding carboxylic acids is 1. The van der Waals surface area contributed by atoms with Gasteiger partial charge in [-0.25, -0.2) is 15.0 Å². The van der Waals surface area contributed by atoms with Gasteiger partial charge in [-0.1, -0.05) is 18.2 Å². The zero-order chi connectivity index (χ0) is 19.7. The molecule has 0 atom stereocenters. The lowest BCUT2D eigenvalue weighted by Gasteiger charge is -2.08. The summed E-state index contributed by atoms with van der Waals surface area (Å²) in [7, 11) is 0. The molecule has 0 fully saturated rings. The molecule has 2 heterocycles. The van der Waals surface area contributed by atoms with Crippen molar-refractivity contribution in [3.63, 3.8) is 0 Å². The lowest BCUT2D eigenvalue weighted by molar-refractivity contribution is 0.0997. The first kappa shape index (κ1) is 18.0. The van der Waals surface area contributed by atoms with Crippen molar-refractivity contribution in [1.82, 2.24) is 19.5 Å². The molecule has 0 aliphatic rings. The Bertz CT molecular complexity index is 1160. The van der Waals surface area contributed by atoms with E-state index in [2.05, 4.69) is 27.6 Å². The number of rotatable bonds is 5. The van der Waals surface area contributed by atoms with Gasteiger partial charge in [0.2, 0.25) is 0 Å². The molecule has 0 aliphatic carbocycles. The summed E-state index contributed by atoms with van der Waals surface area (Å²) >= 11 is 4.46. The second-order valence-corrected chi connectivity index (χ2v) is 6.37. The summed E-state index contributed by atoms with van der Waals surface area (Å²) in [6.45, 7) is 2.50. The zero-order valence-electron chi connectivity index (χ0n) is 15.0. The van der Waals surface area contributed by atoms with Gasteiger partial charge in [-0.3, -0.25) is 9.36 Å². The van der Waals surface area contributed by atoms with Crippen LogP contribution in [-0.4, -0.2) is 32.0 Å². The highest BCUT2D eigenvalue weighted by Gasteiger charge is 2.21. The molecule has 0 bridgehead atoms. The maximum atomic E-state index is 12.0. The number of para-hydroxylation sites is 1. The average Bonchev–Trinajstić information content (AvgIpc) is 3.04. The van der Waals surface area contributed by atoms with Gasteiger partial charge in [0.15, 0.2) is 22.3 Å². The quantitative estimate of drug-likeness (QED) is 0.509. The molecule has 0 saturated carbocycles. The van der Waals surface area contributed by atoms with Crippen LogP contribution in [0.15, 0.2) is 59.8 Å². The summed E-state index contributed by atoms with van der Waals surface area (Å²) in [6.07, 6.45) is 0. The number of nitrogens with zero attached hydrogens (tertiary/aromatic N) is 4. The molecule has 0 unspecified atom stereocenters. The molecule has 0 aliphatic heterocycles. The minimum Gasteiger partial charge on any atom is -0.494 e. The van der Waals surface area contributed by atoms with Crippen molar-refractivity contribution in [1.29, 1.82) is 0 Å². The van der Waals surface area contributed by atoms with Crippen molar-refractivity contribution in [3.8, 4) is 22.8 Å². The number of ether oxygens (including phenoxy) is 1. The highest BCUT2D eigenvalue weighted by atomic mass is 32.1. The van der Waals surface area contributed by atoms with E-state index < -0.39 is 5.91 Å². The summed E-state index contributed by atoms with van der Waals surface area (Å²) in [5.41, 5.74) is 7.95. The fraction of sp³-hybridized carbons (Fsp3) is 0.100. The number of nitrogens with two attached hydrogens (primary N) is 1. The van der Waals surface area contributed by atoms with Gasteiger partial charge in [0.25, 0.3) is 5.91 Å². The highest BCUT2D eigenvalue weighted by Crippen LogP contribution is 2.27. The molecule has 4 aromatic rings. The maximum absolute atomic E-state index is 12.0. The van der Waals surface area contributed by atoms with E-state index in [0.717, 1.165) is 17.0 Å². The van der Waals surface area contributed by atoms with Gasteiger partial charge in [0.1, 0.15) is 11.3 Å². The second kappa shape index (κ2) is 7.32. The van der Waals surface area contributed by atoms with Crippen LogP contribution in [0.2, 0.25) is 0 Å². The molecular weight excluding hydrogens is 374 g/mol. The normalized spacial score (nSPS) is 10.9. The summed E-state index contributed by atoms with van der Waals surface area (Å²) in [6, 6.07) is 16.9. The van der Waals surface area contributed by atoms with E-state index in [9.17, 15) is 4.79 Å². The first-order valence-corrected chi connectivity index (χ1v) is 9.11. The number of thiol groups is 1. The smallest absolute Gasteiger partial charge is 0.269 e. The minimum absolute atomic E-state index is 0.0545. The third-order valence-electron chi connectivity index (χ3n) is 4.16. The topological polar surface area (TPSA) is 95.9 Å². The number of benzene rings is 2. The number of hydrogen-bond acceptors (Lipinski definition) is 6. The highest BCUT2D eigenvalue weighted by molar-refractivity contribution is 7.80. The average molecular weight is 391 g/mol. The van der Waals surface area contributed by atoms with Crippen LogP contribution in [0.25, 0.3) is 28.2 Å². The van der Waals surface area contributed by atoms with Crippen LogP contribution < -0.4 is 10.5 Å². The third kappa shape index (κ3) is 3.18. The van der Waals surface area contributed by atoms with Crippen LogP contribution in [0.5, 0.6) is 5.75 Å². The predicted molar refractivity (Wildman–Crippen MR) is 109 cm³/mol. The SMILES string of the molecule is CCOc1ccc(-c2nc(C(N)=O)c3nc(S)n(-c4ccccc4)c3n2)cc1. The number of primary amides is 1. The summed E-state index contributed by atoms with van der Waals surface area (Å²) in [5.74, 6) is 0.440. The van der Waals surface area contributed by atoms with Gasteiger partial charge in [-0.15, -0.1) is 12.6 Å². The Kier molecular flexibility index (Phi) is 4.70. The summed E-state index contributed by atoms with van der Waals surface area (Å²) < 4.78 is 7.22. The zero-order valence-corrected chi connectivity index (χ0v) is 15.9. The lowest BCUT2D eigenvalue weighted by atomic mass is 10.2. The molecule has 2 aromatic carbocycles. The van der Waals surface area contributed by atoms with Gasteiger partial charge in [0.05, 0.1) is 6.61 Å². The van der Waals surface area contributed by atoms with Crippen LogP contribution in [0.3, 0.4) is 0 Å². The van der Waals surface area contributed by atoms with Gasteiger partial charge < -0.3 is 10.5 Å². The minimum atomic E-state index is -0.675. The number of imidazole rings is 1. The molecule has 1 amide bonds. The Morgan fingerprint density at radius 2 is 1.79 bits per heavy atom. The molecule has 0 saturated heterocycles. The van der Waals surface area contributed by atoms with Crippen molar-refractivity contribution < 1.29 is 9.53 Å². The molecule has 28 heavy (non-hydrogen) atoms. The van der Waals surface area contributed by atoms with Crippen LogP contribution >= 0.6 is 12.6 Å². The van der Waals surface area contributed by atoms with Crippen molar-refractivity contribution >= 4 is 29.7 Å². The molecule has 8 heteroatoms. The number of fused-ring (bicyclic) bond motifs is 1. The largest absolute Gasteiger partial charge is 0.494 e. The van der Waals surface area contributed by atoms with Crippen LogP contribution in [-0.2, 0) is 0 Å². The van der Waals surface area contributed by atoms with E-state index in [1.807, 2.05) is 61.5 Å². The van der Waals surface area contributed by atoms with Crippen molar-refractivity contribution in [2.75, 3.05) is 6.61 Å². The van der Waals surface area contributed by atoms with Crippen molar-refractivity contribution in [2.45, 2.75) is 12.1 Å². The second-order valence-electron chi connectivity index (χ2n) is 5.97. The van der Waals surface area contributed by atoms with Gasteiger partial charge >= 0.3 is 0 Å². The predicted octanol–water partition coefficient (Wildman–Crippen LogP) is 3.27.